The van der Waals surface area contributed by atoms with Crippen LogP contribution in [0.2, 0.25) is 0 Å². The van der Waals surface area contributed by atoms with Gasteiger partial charge >= 0.3 is 0 Å². The van der Waals surface area contributed by atoms with Gasteiger partial charge in [0.1, 0.15) is 13.2 Å². The van der Waals surface area contributed by atoms with Crippen LogP contribution in [0.25, 0.3) is 0 Å². The summed E-state index contributed by atoms with van der Waals surface area (Å²) < 4.78 is 28.3. The van der Waals surface area contributed by atoms with Crippen molar-refractivity contribution in [1.82, 2.24) is 0 Å². The van der Waals surface area contributed by atoms with Gasteiger partial charge in [0.2, 0.25) is 0 Å². The third-order valence-corrected chi connectivity index (χ3v) is 5.70. The number of fused-ring (bicyclic) bond motifs is 1. The average Bonchev–Trinajstić information content (AvgIpc) is 3.37. The molecule has 0 saturated heterocycles. The van der Waals surface area contributed by atoms with Gasteiger partial charge in [-0.05, 0) is 30.9 Å². The van der Waals surface area contributed by atoms with Crippen LogP contribution in [0, 0.1) is 11.3 Å². The van der Waals surface area contributed by atoms with Crippen LogP contribution >= 0.6 is 0 Å². The van der Waals surface area contributed by atoms with Crippen molar-refractivity contribution < 1.29 is 23.7 Å². The van der Waals surface area contributed by atoms with Crippen LogP contribution < -0.4 is 14.8 Å². The summed E-state index contributed by atoms with van der Waals surface area (Å²) in [5.41, 5.74) is 2.29. The van der Waals surface area contributed by atoms with E-state index in [4.69, 9.17) is 23.7 Å². The Morgan fingerprint density at radius 1 is 0.966 bits per heavy atom. The van der Waals surface area contributed by atoms with Gasteiger partial charge in [0.25, 0.3) is 0 Å². The molecule has 2 atom stereocenters. The largest absolute Gasteiger partial charge is 0.487 e. The molecule has 3 rings (SSSR count). The second-order valence-corrected chi connectivity index (χ2v) is 7.81. The molecule has 1 saturated carbocycles. The fourth-order valence-electron chi connectivity index (χ4n) is 3.93. The molecule has 1 aromatic carbocycles. The summed E-state index contributed by atoms with van der Waals surface area (Å²) in [5.74, 6) is 2.09. The maximum atomic E-state index is 5.95. The number of hydrogen-bond donors (Lipinski definition) is 1. The number of anilines is 1. The zero-order valence-corrected chi connectivity index (χ0v) is 17.8. The van der Waals surface area contributed by atoms with E-state index in [0.29, 0.717) is 70.3 Å². The van der Waals surface area contributed by atoms with Crippen LogP contribution in [0.5, 0.6) is 11.5 Å². The molecule has 0 amide bonds. The highest BCUT2D eigenvalue weighted by atomic mass is 16.6. The molecule has 2 unspecified atom stereocenters. The molecule has 6 nitrogen and oxygen atoms in total. The molecule has 1 aliphatic carbocycles. The van der Waals surface area contributed by atoms with Crippen molar-refractivity contribution in [1.29, 1.82) is 0 Å². The van der Waals surface area contributed by atoms with E-state index in [2.05, 4.69) is 25.7 Å². The molecule has 0 spiro atoms. The molecule has 29 heavy (non-hydrogen) atoms. The predicted octanol–water partition coefficient (Wildman–Crippen LogP) is 4.26. The Kier molecular flexibility index (Phi) is 8.21. The fourth-order valence-corrected chi connectivity index (χ4v) is 3.93. The molecule has 1 N–H and O–H groups in total. The number of rotatable bonds is 5. The molecule has 6 heteroatoms. The summed E-state index contributed by atoms with van der Waals surface area (Å²) in [6, 6.07) is 5.94. The predicted molar refractivity (Wildman–Crippen MR) is 114 cm³/mol. The highest BCUT2D eigenvalue weighted by Gasteiger charge is 2.52. The zero-order valence-electron chi connectivity index (χ0n) is 17.8. The first-order chi connectivity index (χ1) is 14.2. The zero-order chi connectivity index (χ0) is 20.5. The maximum absolute atomic E-state index is 5.95. The van der Waals surface area contributed by atoms with Crippen LogP contribution in [0.4, 0.5) is 5.69 Å². The Bertz CT molecular complexity index is 665. The summed E-state index contributed by atoms with van der Waals surface area (Å²) in [5, 5.41) is 3.52. The molecular formula is C23H35NO5. The van der Waals surface area contributed by atoms with Crippen molar-refractivity contribution in [2.24, 2.45) is 11.3 Å². The van der Waals surface area contributed by atoms with Gasteiger partial charge in [-0.2, -0.15) is 0 Å². The second kappa shape index (κ2) is 10.9. The van der Waals surface area contributed by atoms with Crippen LogP contribution in [-0.4, -0.2) is 52.9 Å². The van der Waals surface area contributed by atoms with E-state index >= 15 is 0 Å². The Hall–Kier alpha value is -1.76. The lowest BCUT2D eigenvalue weighted by Crippen LogP contribution is -2.14. The highest BCUT2D eigenvalue weighted by molar-refractivity contribution is 5.58. The molecule has 1 aliphatic heterocycles. The minimum Gasteiger partial charge on any atom is -0.487 e. The number of hydrogen-bond acceptors (Lipinski definition) is 6. The first kappa shape index (κ1) is 21.9. The lowest BCUT2D eigenvalue weighted by atomic mass is 9.94. The number of benzene rings is 1. The van der Waals surface area contributed by atoms with Crippen molar-refractivity contribution in [3.63, 3.8) is 0 Å². The average molecular weight is 406 g/mol. The summed E-state index contributed by atoms with van der Waals surface area (Å²) >= 11 is 0. The Morgan fingerprint density at radius 2 is 1.52 bits per heavy atom. The molecule has 0 aromatic heterocycles. The van der Waals surface area contributed by atoms with E-state index in [1.54, 1.807) is 0 Å². The minimum atomic E-state index is 0.227. The number of ether oxygens (including phenoxy) is 5. The minimum absolute atomic E-state index is 0.227. The first-order valence-corrected chi connectivity index (χ1v) is 10.7. The van der Waals surface area contributed by atoms with Crippen molar-refractivity contribution in [3.05, 3.63) is 30.5 Å². The van der Waals surface area contributed by atoms with Gasteiger partial charge in [-0.25, -0.2) is 0 Å². The van der Waals surface area contributed by atoms with Gasteiger partial charge < -0.3 is 29.0 Å². The normalized spacial score (nSPS) is 26.1. The maximum Gasteiger partial charge on any atom is 0.163 e. The molecule has 1 fully saturated rings. The van der Waals surface area contributed by atoms with E-state index in [0.717, 1.165) is 11.4 Å². The van der Waals surface area contributed by atoms with E-state index < -0.39 is 0 Å². The summed E-state index contributed by atoms with van der Waals surface area (Å²) in [6.07, 6.45) is 3.54. The summed E-state index contributed by atoms with van der Waals surface area (Å²) in [4.78, 5) is 0. The summed E-state index contributed by atoms with van der Waals surface area (Å²) in [7, 11) is 0. The van der Waals surface area contributed by atoms with Gasteiger partial charge in [-0.1, -0.05) is 26.8 Å². The Labute approximate surface area is 174 Å². The lowest BCUT2D eigenvalue weighted by molar-refractivity contribution is 0.00708. The van der Waals surface area contributed by atoms with E-state index in [1.165, 1.54) is 19.3 Å². The van der Waals surface area contributed by atoms with Crippen LogP contribution in [0.3, 0.4) is 0 Å². The molecule has 0 bridgehead atoms. The number of nitrogens with one attached hydrogen (secondary N) is 1. The highest BCUT2D eigenvalue weighted by Crippen LogP contribution is 2.60. The van der Waals surface area contributed by atoms with Gasteiger partial charge in [-0.15, -0.1) is 0 Å². The van der Waals surface area contributed by atoms with E-state index in [-0.39, 0.29) is 5.41 Å². The Balaban J connectivity index is 1.65. The third-order valence-electron chi connectivity index (χ3n) is 5.70. The molecule has 1 aromatic rings. The van der Waals surface area contributed by atoms with Gasteiger partial charge in [0.05, 0.1) is 39.6 Å². The van der Waals surface area contributed by atoms with Crippen molar-refractivity contribution in [2.45, 2.75) is 33.1 Å². The van der Waals surface area contributed by atoms with Gasteiger partial charge in [0, 0.05) is 22.9 Å². The Morgan fingerprint density at radius 3 is 2.07 bits per heavy atom. The van der Waals surface area contributed by atoms with Crippen LogP contribution in [-0.2, 0) is 14.2 Å². The molecule has 162 valence electrons. The van der Waals surface area contributed by atoms with Gasteiger partial charge in [-0.3, -0.25) is 0 Å². The smallest absolute Gasteiger partial charge is 0.163 e. The van der Waals surface area contributed by atoms with Crippen molar-refractivity contribution in [2.75, 3.05) is 58.2 Å². The van der Waals surface area contributed by atoms with Crippen LogP contribution in [0.1, 0.15) is 33.1 Å². The molecular weight excluding hydrogens is 370 g/mol. The monoisotopic (exact) mass is 405 g/mol. The van der Waals surface area contributed by atoms with E-state index in [1.807, 2.05) is 18.2 Å². The van der Waals surface area contributed by atoms with Crippen LogP contribution in [0.15, 0.2) is 30.5 Å². The quantitative estimate of drug-likeness (QED) is 0.790. The van der Waals surface area contributed by atoms with Crippen molar-refractivity contribution >= 4 is 5.69 Å². The SMILES string of the molecule is C=C(Nc1ccc2c(c1)OCCOCCOCCOCCO2)C1(CCC)CC1C. The molecule has 0 radical (unpaired) electrons. The lowest BCUT2D eigenvalue weighted by Gasteiger charge is -2.22. The molecule has 1 heterocycles. The van der Waals surface area contributed by atoms with Crippen molar-refractivity contribution in [3.8, 4) is 11.5 Å². The fraction of sp³-hybridized carbons (Fsp3) is 0.652. The van der Waals surface area contributed by atoms with E-state index in [9.17, 15) is 0 Å². The summed E-state index contributed by atoms with van der Waals surface area (Å²) in [6.45, 7) is 13.0. The topological polar surface area (TPSA) is 58.2 Å². The number of allylic oxidation sites excluding steroid dienone is 1. The second-order valence-electron chi connectivity index (χ2n) is 7.81. The van der Waals surface area contributed by atoms with Gasteiger partial charge in [0.15, 0.2) is 11.5 Å². The third kappa shape index (κ3) is 6.11. The first-order valence-electron chi connectivity index (χ1n) is 10.7. The molecule has 2 aliphatic rings. The standard InChI is InChI=1S/C23H35NO5/c1-4-7-23(17-18(23)2)19(3)24-20-5-6-21-22(16-20)29-15-13-27-11-9-25-8-10-26-12-14-28-21/h5-6,16,18,24H,3-4,7-15,17H2,1-2H3.